The maximum absolute atomic E-state index is 10.9. The van der Waals surface area contributed by atoms with Crippen LogP contribution in [0.15, 0.2) is 12.4 Å². The number of imidazole rings is 1. The van der Waals surface area contributed by atoms with E-state index in [1.54, 1.807) is 0 Å². The van der Waals surface area contributed by atoms with Crippen LogP contribution in [0.1, 0.15) is 50.8 Å². The molecule has 1 aliphatic heterocycles. The van der Waals surface area contributed by atoms with E-state index in [0.29, 0.717) is 12.3 Å². The lowest BCUT2D eigenvalue weighted by molar-refractivity contribution is -0.118. The molecule has 0 radical (unpaired) electrons. The van der Waals surface area contributed by atoms with Crippen molar-refractivity contribution < 1.29 is 4.79 Å². The van der Waals surface area contributed by atoms with Gasteiger partial charge in [-0.3, -0.25) is 4.79 Å². The van der Waals surface area contributed by atoms with Gasteiger partial charge in [0.15, 0.2) is 0 Å². The molecule has 0 spiro atoms. The van der Waals surface area contributed by atoms with E-state index in [9.17, 15) is 4.79 Å². The molecule has 1 aromatic heterocycles. The number of piperidine rings is 1. The molecule has 1 aromatic rings. The number of hydrogen-bond acceptors (Lipinski definition) is 3. The highest BCUT2D eigenvalue weighted by Crippen LogP contribution is 2.26. The number of aromatic nitrogens is 2. The third kappa shape index (κ3) is 4.07. The van der Waals surface area contributed by atoms with E-state index in [1.165, 1.54) is 31.5 Å². The Bertz CT molecular complexity index is 429. The molecule has 1 saturated heterocycles. The molecule has 2 N–H and O–H groups in total. The highest BCUT2D eigenvalue weighted by molar-refractivity contribution is 5.73. The van der Waals surface area contributed by atoms with Crippen molar-refractivity contribution in [2.75, 3.05) is 19.6 Å². The zero-order valence-corrected chi connectivity index (χ0v) is 12.4. The minimum atomic E-state index is -0.212. The Hall–Kier alpha value is -1.36. The molecule has 5 heteroatoms. The Morgan fingerprint density at radius 2 is 2.35 bits per heavy atom. The molecule has 0 unspecified atom stereocenters. The Kier molecular flexibility index (Phi) is 5.59. The summed E-state index contributed by atoms with van der Waals surface area (Å²) >= 11 is 0. The highest BCUT2D eigenvalue weighted by Gasteiger charge is 2.24. The van der Waals surface area contributed by atoms with Gasteiger partial charge in [-0.2, -0.15) is 0 Å². The van der Waals surface area contributed by atoms with Crippen LogP contribution in [0, 0.1) is 0 Å². The molecule has 0 aromatic carbocycles. The van der Waals surface area contributed by atoms with Gasteiger partial charge in [-0.1, -0.05) is 13.3 Å². The molecule has 2 rings (SSSR count). The lowest BCUT2D eigenvalue weighted by Gasteiger charge is -2.32. The van der Waals surface area contributed by atoms with Gasteiger partial charge in [-0.15, -0.1) is 0 Å². The van der Waals surface area contributed by atoms with E-state index in [1.807, 2.05) is 6.20 Å². The molecule has 112 valence electrons. The van der Waals surface area contributed by atoms with Crippen LogP contribution in [0.4, 0.5) is 0 Å². The third-order valence-electron chi connectivity index (χ3n) is 4.05. The lowest BCUT2D eigenvalue weighted by Crippen LogP contribution is -2.37. The fraction of sp³-hybridized carbons (Fsp3) is 0.733. The van der Waals surface area contributed by atoms with Crippen LogP contribution in [0.2, 0.25) is 0 Å². The van der Waals surface area contributed by atoms with Gasteiger partial charge in [-0.25, -0.2) is 4.98 Å². The van der Waals surface area contributed by atoms with Gasteiger partial charge in [0.05, 0.1) is 0 Å². The summed E-state index contributed by atoms with van der Waals surface area (Å²) in [6.45, 7) is 6.11. The Morgan fingerprint density at radius 1 is 1.50 bits per heavy atom. The summed E-state index contributed by atoms with van der Waals surface area (Å²) in [5.74, 6) is 1.49. The van der Waals surface area contributed by atoms with E-state index in [-0.39, 0.29) is 5.91 Å². The summed E-state index contributed by atoms with van der Waals surface area (Å²) in [4.78, 5) is 17.8. The van der Waals surface area contributed by atoms with Crippen LogP contribution < -0.4 is 5.73 Å². The van der Waals surface area contributed by atoms with Gasteiger partial charge in [0.1, 0.15) is 5.82 Å². The van der Waals surface area contributed by atoms with Gasteiger partial charge in [0, 0.05) is 44.4 Å². The highest BCUT2D eigenvalue weighted by atomic mass is 16.1. The van der Waals surface area contributed by atoms with Crippen LogP contribution in [-0.2, 0) is 11.3 Å². The van der Waals surface area contributed by atoms with Gasteiger partial charge < -0.3 is 15.2 Å². The van der Waals surface area contributed by atoms with Crippen LogP contribution in [0.3, 0.4) is 0 Å². The minimum Gasteiger partial charge on any atom is -0.370 e. The minimum absolute atomic E-state index is 0.212. The normalized spacial score (nSPS) is 20.1. The zero-order chi connectivity index (χ0) is 14.4. The molecule has 1 amide bonds. The van der Waals surface area contributed by atoms with E-state index in [0.717, 1.165) is 26.2 Å². The fourth-order valence-corrected chi connectivity index (χ4v) is 2.94. The van der Waals surface area contributed by atoms with Gasteiger partial charge in [0.25, 0.3) is 0 Å². The summed E-state index contributed by atoms with van der Waals surface area (Å²) in [5.41, 5.74) is 5.24. The van der Waals surface area contributed by atoms with Gasteiger partial charge in [0.2, 0.25) is 5.91 Å². The number of amides is 1. The molecule has 2 heterocycles. The lowest BCUT2D eigenvalue weighted by atomic mass is 9.97. The summed E-state index contributed by atoms with van der Waals surface area (Å²) in [6.07, 6.45) is 9.21. The van der Waals surface area contributed by atoms with Gasteiger partial charge in [-0.05, 0) is 25.8 Å². The number of carbonyl (C=O) groups excluding carboxylic acids is 1. The number of rotatable bonds is 7. The summed E-state index contributed by atoms with van der Waals surface area (Å²) in [7, 11) is 0. The van der Waals surface area contributed by atoms with E-state index in [4.69, 9.17) is 5.73 Å². The zero-order valence-electron chi connectivity index (χ0n) is 12.4. The van der Waals surface area contributed by atoms with E-state index in [2.05, 4.69) is 27.6 Å². The number of nitrogens with two attached hydrogens (primary N) is 1. The first-order valence-electron chi connectivity index (χ1n) is 7.72. The van der Waals surface area contributed by atoms with Crippen molar-refractivity contribution in [1.82, 2.24) is 14.5 Å². The number of carbonyl (C=O) groups is 1. The molecule has 20 heavy (non-hydrogen) atoms. The molecule has 0 aliphatic carbocycles. The van der Waals surface area contributed by atoms with Crippen molar-refractivity contribution in [3.05, 3.63) is 18.2 Å². The number of primary amides is 1. The van der Waals surface area contributed by atoms with Crippen LogP contribution >= 0.6 is 0 Å². The van der Waals surface area contributed by atoms with Crippen molar-refractivity contribution in [1.29, 1.82) is 0 Å². The Labute approximate surface area is 121 Å². The number of hydrogen-bond donors (Lipinski definition) is 1. The number of unbranched alkanes of at least 4 members (excludes halogenated alkanes) is 1. The van der Waals surface area contributed by atoms with Gasteiger partial charge >= 0.3 is 0 Å². The first-order chi connectivity index (χ1) is 9.70. The average molecular weight is 278 g/mol. The second-order valence-corrected chi connectivity index (χ2v) is 5.69. The molecule has 0 bridgehead atoms. The Balaban J connectivity index is 1.94. The average Bonchev–Trinajstić information content (AvgIpc) is 2.91. The second kappa shape index (κ2) is 7.43. The number of nitrogens with zero attached hydrogens (tertiary/aromatic N) is 3. The molecule has 1 atom stereocenters. The standard InChI is InChI=1S/C15H26N4O/c1-2-3-9-19-11-7-17-15(19)13-5-4-8-18(12-13)10-6-14(16)20/h7,11,13H,2-6,8-10,12H2,1H3,(H2,16,20)/t13-/m0/s1. The molecule has 0 saturated carbocycles. The van der Waals surface area contributed by atoms with Crippen molar-refractivity contribution >= 4 is 5.91 Å². The smallest absolute Gasteiger partial charge is 0.218 e. The quantitative estimate of drug-likeness (QED) is 0.826. The molecule has 5 nitrogen and oxygen atoms in total. The summed E-state index contributed by atoms with van der Waals surface area (Å²) < 4.78 is 2.30. The van der Waals surface area contributed by atoms with E-state index < -0.39 is 0 Å². The second-order valence-electron chi connectivity index (χ2n) is 5.69. The maximum atomic E-state index is 10.9. The summed E-state index contributed by atoms with van der Waals surface area (Å²) in [5, 5.41) is 0. The van der Waals surface area contributed by atoms with Crippen molar-refractivity contribution in [3.8, 4) is 0 Å². The molecular weight excluding hydrogens is 252 g/mol. The first kappa shape index (κ1) is 15.0. The predicted octanol–water partition coefficient (Wildman–Crippen LogP) is 1.74. The van der Waals surface area contributed by atoms with Crippen LogP contribution in [0.25, 0.3) is 0 Å². The molecule has 1 fully saturated rings. The van der Waals surface area contributed by atoms with E-state index >= 15 is 0 Å². The predicted molar refractivity (Wildman–Crippen MR) is 79.4 cm³/mol. The molecular formula is C15H26N4O. The van der Waals surface area contributed by atoms with Crippen molar-refractivity contribution in [3.63, 3.8) is 0 Å². The molecule has 1 aliphatic rings. The van der Waals surface area contributed by atoms with Crippen molar-refractivity contribution in [2.24, 2.45) is 5.73 Å². The maximum Gasteiger partial charge on any atom is 0.218 e. The first-order valence-corrected chi connectivity index (χ1v) is 7.72. The SMILES string of the molecule is CCCCn1ccnc1[C@H]1CCCN(CCC(N)=O)C1. The number of aryl methyl sites for hydroxylation is 1. The topological polar surface area (TPSA) is 64.2 Å². The van der Waals surface area contributed by atoms with Crippen LogP contribution in [0.5, 0.6) is 0 Å². The largest absolute Gasteiger partial charge is 0.370 e. The fourth-order valence-electron chi connectivity index (χ4n) is 2.94. The van der Waals surface area contributed by atoms with Crippen LogP contribution in [-0.4, -0.2) is 40.0 Å². The van der Waals surface area contributed by atoms with Crippen molar-refractivity contribution in [2.45, 2.75) is 51.5 Å². The number of likely N-dealkylation sites (tertiary alicyclic amines) is 1. The Morgan fingerprint density at radius 3 is 3.10 bits per heavy atom. The summed E-state index contributed by atoms with van der Waals surface area (Å²) in [6, 6.07) is 0. The third-order valence-corrected chi connectivity index (χ3v) is 4.05. The monoisotopic (exact) mass is 278 g/mol.